The summed E-state index contributed by atoms with van der Waals surface area (Å²) in [5.41, 5.74) is 6.97. The molecule has 0 spiro atoms. The minimum Gasteiger partial charge on any atom is -0.384 e. The highest BCUT2D eigenvalue weighted by atomic mass is 16.6. The highest BCUT2D eigenvalue weighted by Gasteiger charge is 2.53. The largest absolute Gasteiger partial charge is 0.384 e. The molecule has 26 heavy (non-hydrogen) atoms. The van der Waals surface area contributed by atoms with E-state index in [1.807, 2.05) is 30.3 Å². The quantitative estimate of drug-likeness (QED) is 0.468. The lowest BCUT2D eigenvalue weighted by Gasteiger charge is -2.59. The van der Waals surface area contributed by atoms with Gasteiger partial charge in [0.2, 0.25) is 0 Å². The molecule has 5 rings (SSSR count). The topological polar surface area (TPSA) is 76.7 Å². The van der Waals surface area contributed by atoms with Crippen LogP contribution in [0.4, 0.5) is 0 Å². The van der Waals surface area contributed by atoms with Crippen LogP contribution in [0.5, 0.6) is 0 Å². The number of oxime groups is 1. The Balaban J connectivity index is 1.30. The Morgan fingerprint density at radius 3 is 2.35 bits per heavy atom. The summed E-state index contributed by atoms with van der Waals surface area (Å²) in [5.74, 6) is 2.82. The molecule has 5 nitrogen and oxygen atoms in total. The Morgan fingerprint density at radius 1 is 1.19 bits per heavy atom. The minimum absolute atomic E-state index is 0.0930. The van der Waals surface area contributed by atoms with Gasteiger partial charge in [-0.2, -0.15) is 0 Å². The van der Waals surface area contributed by atoms with Crippen LogP contribution in [0.15, 0.2) is 35.5 Å². The second kappa shape index (κ2) is 6.93. The molecule has 0 unspecified atom stereocenters. The van der Waals surface area contributed by atoms with Gasteiger partial charge in [0.05, 0.1) is 0 Å². The van der Waals surface area contributed by atoms with E-state index in [0.717, 1.165) is 23.3 Å². The highest BCUT2D eigenvalue weighted by molar-refractivity contribution is 5.97. The van der Waals surface area contributed by atoms with Gasteiger partial charge in [-0.1, -0.05) is 35.5 Å². The van der Waals surface area contributed by atoms with Crippen molar-refractivity contribution in [2.45, 2.75) is 51.5 Å². The molecule has 0 heterocycles. The standard InChI is InChI=1S/C21H29N3O2/c1-14(21-10-15-7-16(11-21)9-17(8-15)12-21)23-19(25)13-26-24-20(22)18-5-3-2-4-6-18/h2-6,14-17H,7-13H2,1H3,(H2,22,24)(H,23,25)/t14-,15?,16?,17?,21?/m0/s1. The van der Waals surface area contributed by atoms with Crippen molar-refractivity contribution in [3.63, 3.8) is 0 Å². The summed E-state index contributed by atoms with van der Waals surface area (Å²) >= 11 is 0. The monoisotopic (exact) mass is 355 g/mol. The third kappa shape index (κ3) is 3.44. The van der Waals surface area contributed by atoms with Crippen molar-refractivity contribution in [2.24, 2.45) is 34.1 Å². The number of amidine groups is 1. The SMILES string of the molecule is C[C@H](NC(=O)CO/N=C(/N)c1ccccc1)C12CC3CC(CC(C3)C1)C2. The predicted octanol–water partition coefficient (Wildman–Crippen LogP) is 3.04. The second-order valence-corrected chi connectivity index (χ2v) is 8.69. The number of nitrogens with zero attached hydrogens (tertiary/aromatic N) is 1. The molecule has 1 amide bonds. The summed E-state index contributed by atoms with van der Waals surface area (Å²) in [6.45, 7) is 2.08. The van der Waals surface area contributed by atoms with Crippen LogP contribution in [-0.4, -0.2) is 24.4 Å². The summed E-state index contributed by atoms with van der Waals surface area (Å²) in [6.07, 6.45) is 8.07. The summed E-state index contributed by atoms with van der Waals surface area (Å²) in [7, 11) is 0. The smallest absolute Gasteiger partial charge is 0.261 e. The maximum absolute atomic E-state index is 12.3. The average molecular weight is 355 g/mol. The van der Waals surface area contributed by atoms with Crippen LogP contribution < -0.4 is 11.1 Å². The fourth-order valence-electron chi connectivity index (χ4n) is 5.97. The Hall–Kier alpha value is -2.04. The van der Waals surface area contributed by atoms with Gasteiger partial charge in [-0.05, 0) is 68.6 Å². The first-order valence-electron chi connectivity index (χ1n) is 9.84. The average Bonchev–Trinajstić information content (AvgIpc) is 2.61. The maximum atomic E-state index is 12.3. The van der Waals surface area contributed by atoms with Crippen LogP contribution in [0.3, 0.4) is 0 Å². The first-order valence-corrected chi connectivity index (χ1v) is 9.84. The van der Waals surface area contributed by atoms with Crippen LogP contribution in [0.1, 0.15) is 51.0 Å². The molecule has 4 bridgehead atoms. The number of nitrogens with one attached hydrogen (secondary N) is 1. The molecule has 3 N–H and O–H groups in total. The van der Waals surface area contributed by atoms with E-state index in [0.29, 0.717) is 5.41 Å². The van der Waals surface area contributed by atoms with Gasteiger partial charge >= 0.3 is 0 Å². The van der Waals surface area contributed by atoms with Crippen LogP contribution in [0.2, 0.25) is 0 Å². The van der Waals surface area contributed by atoms with E-state index in [-0.39, 0.29) is 24.4 Å². The first-order chi connectivity index (χ1) is 12.5. The first kappa shape index (κ1) is 17.4. The van der Waals surface area contributed by atoms with E-state index >= 15 is 0 Å². The zero-order valence-corrected chi connectivity index (χ0v) is 15.5. The lowest BCUT2D eigenvalue weighted by atomic mass is 9.48. The van der Waals surface area contributed by atoms with Crippen molar-refractivity contribution in [1.82, 2.24) is 5.32 Å². The summed E-state index contributed by atoms with van der Waals surface area (Å²) in [4.78, 5) is 17.5. The molecule has 4 fully saturated rings. The molecule has 0 radical (unpaired) electrons. The van der Waals surface area contributed by atoms with Gasteiger partial charge in [0.25, 0.3) is 5.91 Å². The number of rotatable bonds is 6. The van der Waals surface area contributed by atoms with Gasteiger partial charge in [0.15, 0.2) is 12.4 Å². The Morgan fingerprint density at radius 2 is 1.77 bits per heavy atom. The van der Waals surface area contributed by atoms with E-state index in [1.54, 1.807) is 0 Å². The minimum atomic E-state index is -0.113. The molecule has 4 aliphatic carbocycles. The van der Waals surface area contributed by atoms with E-state index in [2.05, 4.69) is 17.4 Å². The van der Waals surface area contributed by atoms with E-state index < -0.39 is 0 Å². The predicted molar refractivity (Wildman–Crippen MR) is 101 cm³/mol. The molecular formula is C21H29N3O2. The lowest BCUT2D eigenvalue weighted by Crippen LogP contribution is -2.56. The summed E-state index contributed by atoms with van der Waals surface area (Å²) < 4.78 is 0. The third-order valence-corrected chi connectivity index (χ3v) is 6.81. The Kier molecular flexibility index (Phi) is 4.63. The zero-order chi connectivity index (χ0) is 18.1. The molecule has 140 valence electrons. The molecule has 1 atom stereocenters. The van der Waals surface area contributed by atoms with E-state index in [1.165, 1.54) is 38.5 Å². The third-order valence-electron chi connectivity index (χ3n) is 6.81. The zero-order valence-electron chi connectivity index (χ0n) is 15.5. The fraction of sp³-hybridized carbons (Fsp3) is 0.619. The highest BCUT2D eigenvalue weighted by Crippen LogP contribution is 2.61. The van der Waals surface area contributed by atoms with Crippen molar-refractivity contribution in [3.05, 3.63) is 35.9 Å². The molecule has 1 aromatic carbocycles. The van der Waals surface area contributed by atoms with Gasteiger partial charge in [0, 0.05) is 11.6 Å². The van der Waals surface area contributed by atoms with Crippen molar-refractivity contribution in [1.29, 1.82) is 0 Å². The number of carbonyl (C=O) groups excluding carboxylic acids is 1. The number of benzene rings is 1. The molecule has 0 aromatic heterocycles. The molecule has 0 saturated heterocycles. The van der Waals surface area contributed by atoms with Crippen molar-refractivity contribution >= 4 is 11.7 Å². The van der Waals surface area contributed by atoms with Crippen molar-refractivity contribution < 1.29 is 9.63 Å². The van der Waals surface area contributed by atoms with E-state index in [4.69, 9.17) is 10.6 Å². The van der Waals surface area contributed by atoms with Crippen molar-refractivity contribution in [2.75, 3.05) is 6.61 Å². The lowest BCUT2D eigenvalue weighted by molar-refractivity contribution is -0.130. The van der Waals surface area contributed by atoms with Crippen LogP contribution in [0, 0.1) is 23.2 Å². The molecular weight excluding hydrogens is 326 g/mol. The Labute approximate surface area is 155 Å². The maximum Gasteiger partial charge on any atom is 0.261 e. The number of amides is 1. The van der Waals surface area contributed by atoms with E-state index in [9.17, 15) is 4.79 Å². The van der Waals surface area contributed by atoms with Crippen LogP contribution >= 0.6 is 0 Å². The van der Waals surface area contributed by atoms with Crippen LogP contribution in [-0.2, 0) is 9.63 Å². The van der Waals surface area contributed by atoms with Gasteiger partial charge in [-0.3, -0.25) is 4.79 Å². The van der Waals surface area contributed by atoms with Gasteiger partial charge < -0.3 is 15.9 Å². The van der Waals surface area contributed by atoms with Gasteiger partial charge in [-0.25, -0.2) is 0 Å². The van der Waals surface area contributed by atoms with Gasteiger partial charge in [-0.15, -0.1) is 0 Å². The summed E-state index contributed by atoms with van der Waals surface area (Å²) in [5, 5.41) is 7.04. The number of hydrogen-bond acceptors (Lipinski definition) is 3. The number of nitrogens with two attached hydrogens (primary N) is 1. The molecule has 5 heteroatoms. The molecule has 1 aromatic rings. The second-order valence-electron chi connectivity index (χ2n) is 8.69. The normalized spacial score (nSPS) is 33.7. The Bertz CT molecular complexity index is 650. The van der Waals surface area contributed by atoms with Gasteiger partial charge in [0.1, 0.15) is 0 Å². The fourth-order valence-corrected chi connectivity index (χ4v) is 5.97. The number of hydrogen-bond donors (Lipinski definition) is 2. The summed E-state index contributed by atoms with van der Waals surface area (Å²) in [6, 6.07) is 9.60. The van der Waals surface area contributed by atoms with Crippen LogP contribution in [0.25, 0.3) is 0 Å². The molecule has 4 aliphatic rings. The molecule has 0 aliphatic heterocycles. The number of carbonyl (C=O) groups is 1. The van der Waals surface area contributed by atoms with Crippen molar-refractivity contribution in [3.8, 4) is 0 Å². The molecule has 4 saturated carbocycles.